The van der Waals surface area contributed by atoms with Gasteiger partial charge in [-0.3, -0.25) is 14.3 Å². The molecule has 0 fully saturated rings. The second kappa shape index (κ2) is 7.20. The molecular weight excluding hydrogens is 364 g/mol. The third kappa shape index (κ3) is 3.31. The summed E-state index contributed by atoms with van der Waals surface area (Å²) in [5, 5.41) is 7.61. The molecule has 0 saturated carbocycles. The Balaban J connectivity index is 1.37. The minimum atomic E-state index is -0.462. The van der Waals surface area contributed by atoms with Crippen molar-refractivity contribution in [2.45, 2.75) is 31.8 Å². The van der Waals surface area contributed by atoms with Crippen LogP contribution in [0.5, 0.6) is 0 Å². The number of carbonyl (C=O) groups excluding carboxylic acids is 2. The average molecular weight is 386 g/mol. The second-order valence-corrected chi connectivity index (χ2v) is 7.61. The first-order valence-corrected chi connectivity index (χ1v) is 9.99. The highest BCUT2D eigenvalue weighted by Gasteiger charge is 2.36. The second-order valence-electron chi connectivity index (χ2n) is 7.61. The van der Waals surface area contributed by atoms with Crippen LogP contribution >= 0.6 is 0 Å². The molecule has 0 radical (unpaired) electrons. The van der Waals surface area contributed by atoms with Crippen molar-refractivity contribution in [3.05, 3.63) is 83.2 Å². The van der Waals surface area contributed by atoms with Gasteiger partial charge in [0, 0.05) is 18.7 Å². The number of carbonyl (C=O) groups is 2. The number of aryl methyl sites for hydroxylation is 1. The molecule has 0 aliphatic carbocycles. The van der Waals surface area contributed by atoms with E-state index in [0.717, 1.165) is 28.9 Å². The molecule has 6 nitrogen and oxygen atoms in total. The Morgan fingerprint density at radius 1 is 1.00 bits per heavy atom. The molecule has 2 aliphatic heterocycles. The number of nitrogens with zero attached hydrogens (tertiary/aromatic N) is 3. The van der Waals surface area contributed by atoms with Crippen LogP contribution in [-0.4, -0.2) is 39.1 Å². The number of aromatic nitrogens is 2. The summed E-state index contributed by atoms with van der Waals surface area (Å²) in [5.41, 5.74) is 4.56. The number of anilines is 1. The third-order valence-corrected chi connectivity index (χ3v) is 5.73. The topological polar surface area (TPSA) is 67.2 Å². The van der Waals surface area contributed by atoms with Gasteiger partial charge in [0.2, 0.25) is 5.91 Å². The van der Waals surface area contributed by atoms with E-state index >= 15 is 0 Å². The van der Waals surface area contributed by atoms with E-state index in [4.69, 9.17) is 0 Å². The summed E-state index contributed by atoms with van der Waals surface area (Å²) in [6.07, 6.45) is 2.08. The summed E-state index contributed by atoms with van der Waals surface area (Å²) in [6.45, 7) is 1.10. The number of benzene rings is 2. The minimum Gasteiger partial charge on any atom is -0.324 e. The third-order valence-electron chi connectivity index (χ3n) is 5.73. The average Bonchev–Trinajstić information content (AvgIpc) is 3.07. The lowest BCUT2D eigenvalue weighted by molar-refractivity contribution is -0.120. The zero-order valence-corrected chi connectivity index (χ0v) is 16.0. The lowest BCUT2D eigenvalue weighted by Gasteiger charge is -2.33. The number of hydrogen-bond acceptors (Lipinski definition) is 3. The monoisotopic (exact) mass is 386 g/mol. The van der Waals surface area contributed by atoms with E-state index in [1.807, 2.05) is 48.5 Å². The number of amides is 2. The quantitative estimate of drug-likeness (QED) is 0.753. The van der Waals surface area contributed by atoms with Crippen LogP contribution in [-0.2, 0) is 24.2 Å². The molecule has 146 valence electrons. The maximum atomic E-state index is 13.2. The fraction of sp³-hybridized carbons (Fsp3) is 0.261. The Labute approximate surface area is 169 Å². The lowest BCUT2D eigenvalue weighted by Crippen LogP contribution is -2.51. The van der Waals surface area contributed by atoms with Gasteiger partial charge in [-0.15, -0.1) is 0 Å². The molecule has 0 saturated heterocycles. The van der Waals surface area contributed by atoms with E-state index in [1.54, 1.807) is 9.58 Å². The summed E-state index contributed by atoms with van der Waals surface area (Å²) in [6, 6.07) is 19.3. The Morgan fingerprint density at radius 3 is 2.66 bits per heavy atom. The number of fused-ring (bicyclic) bond motifs is 2. The largest absolute Gasteiger partial charge is 0.324 e. The summed E-state index contributed by atoms with van der Waals surface area (Å²) in [5.74, 6) is -0.227. The van der Waals surface area contributed by atoms with Gasteiger partial charge in [-0.05, 0) is 36.1 Å². The molecule has 29 heavy (non-hydrogen) atoms. The maximum absolute atomic E-state index is 13.2. The molecule has 2 aromatic carbocycles. The van der Waals surface area contributed by atoms with Crippen molar-refractivity contribution in [3.63, 3.8) is 0 Å². The molecule has 2 aliphatic rings. The molecule has 0 spiro atoms. The number of rotatable bonds is 3. The normalized spacial score (nSPS) is 18.6. The first kappa shape index (κ1) is 17.7. The molecule has 6 heteroatoms. The minimum absolute atomic E-state index is 0.110. The van der Waals surface area contributed by atoms with Crippen LogP contribution in [0.4, 0.5) is 5.69 Å². The van der Waals surface area contributed by atoms with Gasteiger partial charge in [-0.2, -0.15) is 5.10 Å². The molecule has 2 amide bonds. The predicted molar refractivity (Wildman–Crippen MR) is 110 cm³/mol. The van der Waals surface area contributed by atoms with Crippen molar-refractivity contribution in [2.75, 3.05) is 11.9 Å². The van der Waals surface area contributed by atoms with Crippen molar-refractivity contribution in [3.8, 4) is 0 Å². The Bertz CT molecular complexity index is 1070. The van der Waals surface area contributed by atoms with Gasteiger partial charge in [0.05, 0.1) is 12.2 Å². The standard InChI is InChI=1S/C23H22N4O2/c28-22-20(11-10-17-8-4-5-9-19(17)24-22)26-12-13-27-21(23(26)29)15-18(25-27)14-16-6-2-1-3-7-16/h1-9,15,20H,10-14H2,(H,24,28). The number of hydrogen-bond donors (Lipinski definition) is 1. The van der Waals surface area contributed by atoms with Crippen LogP contribution in [0, 0.1) is 0 Å². The molecule has 3 aromatic rings. The number of para-hydroxylation sites is 1. The van der Waals surface area contributed by atoms with Crippen LogP contribution in [0.2, 0.25) is 0 Å². The molecular formula is C23H22N4O2. The van der Waals surface area contributed by atoms with Gasteiger partial charge in [-0.1, -0.05) is 48.5 Å². The zero-order valence-electron chi connectivity index (χ0n) is 16.0. The highest BCUT2D eigenvalue weighted by atomic mass is 16.2. The molecule has 1 aromatic heterocycles. The first-order valence-electron chi connectivity index (χ1n) is 9.99. The zero-order chi connectivity index (χ0) is 19.8. The van der Waals surface area contributed by atoms with Crippen LogP contribution in [0.1, 0.15) is 33.7 Å². The van der Waals surface area contributed by atoms with Gasteiger partial charge in [0.25, 0.3) is 5.91 Å². The Morgan fingerprint density at radius 2 is 1.79 bits per heavy atom. The predicted octanol–water partition coefficient (Wildman–Crippen LogP) is 2.88. The Hall–Kier alpha value is -3.41. The van der Waals surface area contributed by atoms with E-state index < -0.39 is 6.04 Å². The van der Waals surface area contributed by atoms with E-state index in [0.29, 0.717) is 31.6 Å². The van der Waals surface area contributed by atoms with Crippen LogP contribution in [0.3, 0.4) is 0 Å². The molecule has 3 heterocycles. The molecule has 1 N–H and O–H groups in total. The van der Waals surface area contributed by atoms with Crippen molar-refractivity contribution in [2.24, 2.45) is 0 Å². The highest BCUT2D eigenvalue weighted by Crippen LogP contribution is 2.26. The Kier molecular flexibility index (Phi) is 4.39. The van der Waals surface area contributed by atoms with Crippen LogP contribution in [0.15, 0.2) is 60.7 Å². The fourth-order valence-electron chi connectivity index (χ4n) is 4.25. The van der Waals surface area contributed by atoms with Crippen LogP contribution < -0.4 is 5.32 Å². The number of nitrogens with one attached hydrogen (secondary N) is 1. The van der Waals surface area contributed by atoms with Crippen molar-refractivity contribution in [1.82, 2.24) is 14.7 Å². The molecule has 1 atom stereocenters. The summed E-state index contributed by atoms with van der Waals surface area (Å²) >= 11 is 0. The highest BCUT2D eigenvalue weighted by molar-refractivity contribution is 6.01. The van der Waals surface area contributed by atoms with Crippen molar-refractivity contribution in [1.29, 1.82) is 0 Å². The summed E-state index contributed by atoms with van der Waals surface area (Å²) < 4.78 is 1.78. The van der Waals surface area contributed by atoms with Gasteiger partial charge < -0.3 is 10.2 Å². The van der Waals surface area contributed by atoms with E-state index in [2.05, 4.69) is 22.5 Å². The molecule has 1 unspecified atom stereocenters. The fourth-order valence-corrected chi connectivity index (χ4v) is 4.25. The van der Waals surface area contributed by atoms with Crippen molar-refractivity contribution >= 4 is 17.5 Å². The molecule has 0 bridgehead atoms. The summed E-state index contributed by atoms with van der Waals surface area (Å²) in [4.78, 5) is 27.8. The van der Waals surface area contributed by atoms with Crippen molar-refractivity contribution < 1.29 is 9.59 Å². The molecule has 5 rings (SSSR count). The van der Waals surface area contributed by atoms with Gasteiger partial charge in [-0.25, -0.2) is 0 Å². The van der Waals surface area contributed by atoms with Gasteiger partial charge in [0.1, 0.15) is 11.7 Å². The van der Waals surface area contributed by atoms with Gasteiger partial charge in [0.15, 0.2) is 0 Å². The smallest absolute Gasteiger partial charge is 0.272 e. The van der Waals surface area contributed by atoms with Gasteiger partial charge >= 0.3 is 0 Å². The van der Waals surface area contributed by atoms with E-state index in [-0.39, 0.29) is 11.8 Å². The summed E-state index contributed by atoms with van der Waals surface area (Å²) in [7, 11) is 0. The maximum Gasteiger partial charge on any atom is 0.272 e. The van der Waals surface area contributed by atoms with E-state index in [1.165, 1.54) is 0 Å². The van der Waals surface area contributed by atoms with Crippen LogP contribution in [0.25, 0.3) is 0 Å². The first-order chi connectivity index (χ1) is 14.2. The SMILES string of the molecule is O=C1Nc2ccccc2CCC1N1CCn2nc(Cc3ccccc3)cc2C1=O. The lowest BCUT2D eigenvalue weighted by atomic mass is 10.0. The van der Waals surface area contributed by atoms with E-state index in [9.17, 15) is 9.59 Å².